The van der Waals surface area contributed by atoms with Gasteiger partial charge in [-0.15, -0.1) is 11.8 Å². The van der Waals surface area contributed by atoms with Gasteiger partial charge in [0.1, 0.15) is 6.07 Å². The highest BCUT2D eigenvalue weighted by atomic mass is 35.5. The normalized spacial score (nSPS) is 10.1. The third kappa shape index (κ3) is 3.69. The SMILES string of the molecule is CCSc1cccc(NCc2cccc(Cl)c2)c1C#N. The van der Waals surface area contributed by atoms with E-state index in [1.807, 2.05) is 42.5 Å². The van der Waals surface area contributed by atoms with Crippen molar-refractivity contribution in [3.05, 3.63) is 58.6 Å². The van der Waals surface area contributed by atoms with Crippen molar-refractivity contribution in [2.75, 3.05) is 11.1 Å². The topological polar surface area (TPSA) is 35.8 Å². The van der Waals surface area contributed by atoms with E-state index in [-0.39, 0.29) is 0 Å². The molecule has 2 aromatic carbocycles. The van der Waals surface area contributed by atoms with E-state index in [1.165, 1.54) is 0 Å². The van der Waals surface area contributed by atoms with Crippen LogP contribution in [-0.4, -0.2) is 5.75 Å². The van der Waals surface area contributed by atoms with Crippen molar-refractivity contribution in [3.8, 4) is 6.07 Å². The van der Waals surface area contributed by atoms with Gasteiger partial charge in [0.2, 0.25) is 0 Å². The Morgan fingerprint density at radius 1 is 1.25 bits per heavy atom. The van der Waals surface area contributed by atoms with E-state index in [9.17, 15) is 5.26 Å². The Hall–Kier alpha value is -1.63. The van der Waals surface area contributed by atoms with Gasteiger partial charge in [-0.1, -0.05) is 36.7 Å². The predicted molar refractivity (Wildman–Crippen MR) is 86.3 cm³/mol. The number of hydrogen-bond donors (Lipinski definition) is 1. The number of nitrogens with one attached hydrogen (secondary N) is 1. The molecule has 0 aliphatic carbocycles. The van der Waals surface area contributed by atoms with Crippen LogP contribution in [0.1, 0.15) is 18.1 Å². The summed E-state index contributed by atoms with van der Waals surface area (Å²) in [7, 11) is 0. The number of nitriles is 1. The molecule has 0 aromatic heterocycles. The highest BCUT2D eigenvalue weighted by molar-refractivity contribution is 7.99. The van der Waals surface area contributed by atoms with Crippen LogP contribution in [0.3, 0.4) is 0 Å². The van der Waals surface area contributed by atoms with Crippen molar-refractivity contribution >= 4 is 29.1 Å². The Labute approximate surface area is 128 Å². The summed E-state index contributed by atoms with van der Waals surface area (Å²) < 4.78 is 0. The first-order chi connectivity index (χ1) is 9.74. The Morgan fingerprint density at radius 3 is 2.75 bits per heavy atom. The number of nitrogens with zero attached hydrogens (tertiary/aromatic N) is 1. The minimum Gasteiger partial charge on any atom is -0.380 e. The van der Waals surface area contributed by atoms with E-state index in [4.69, 9.17) is 11.6 Å². The summed E-state index contributed by atoms with van der Waals surface area (Å²) in [6.07, 6.45) is 0. The van der Waals surface area contributed by atoms with Gasteiger partial charge < -0.3 is 5.32 Å². The highest BCUT2D eigenvalue weighted by Gasteiger charge is 2.07. The summed E-state index contributed by atoms with van der Waals surface area (Å²) in [6.45, 7) is 2.73. The lowest BCUT2D eigenvalue weighted by molar-refractivity contribution is 1.14. The summed E-state index contributed by atoms with van der Waals surface area (Å²) in [5.74, 6) is 0.951. The van der Waals surface area contributed by atoms with Crippen molar-refractivity contribution < 1.29 is 0 Å². The van der Waals surface area contributed by atoms with Gasteiger partial charge in [0.25, 0.3) is 0 Å². The van der Waals surface area contributed by atoms with E-state index in [0.717, 1.165) is 26.9 Å². The van der Waals surface area contributed by atoms with Crippen LogP contribution in [0.15, 0.2) is 47.4 Å². The molecule has 20 heavy (non-hydrogen) atoms. The zero-order valence-corrected chi connectivity index (χ0v) is 12.8. The van der Waals surface area contributed by atoms with E-state index in [2.05, 4.69) is 18.3 Å². The van der Waals surface area contributed by atoms with Crippen molar-refractivity contribution in [2.24, 2.45) is 0 Å². The number of benzene rings is 2. The van der Waals surface area contributed by atoms with Gasteiger partial charge in [0.15, 0.2) is 0 Å². The fourth-order valence-corrected chi connectivity index (χ4v) is 2.91. The van der Waals surface area contributed by atoms with Crippen LogP contribution in [0.4, 0.5) is 5.69 Å². The first-order valence-corrected chi connectivity index (χ1v) is 7.75. The smallest absolute Gasteiger partial charge is 0.102 e. The zero-order chi connectivity index (χ0) is 14.4. The van der Waals surface area contributed by atoms with Crippen molar-refractivity contribution in [2.45, 2.75) is 18.4 Å². The second-order valence-corrected chi connectivity index (χ2v) is 5.95. The van der Waals surface area contributed by atoms with Gasteiger partial charge in [0, 0.05) is 16.5 Å². The molecule has 2 rings (SSSR count). The monoisotopic (exact) mass is 302 g/mol. The minimum absolute atomic E-state index is 0.648. The molecule has 0 atom stereocenters. The van der Waals surface area contributed by atoms with Crippen LogP contribution in [0.5, 0.6) is 0 Å². The van der Waals surface area contributed by atoms with Gasteiger partial charge in [0.05, 0.1) is 11.3 Å². The van der Waals surface area contributed by atoms with Crippen LogP contribution in [0.2, 0.25) is 5.02 Å². The molecule has 1 N–H and O–H groups in total. The number of rotatable bonds is 5. The summed E-state index contributed by atoms with van der Waals surface area (Å²) in [6, 6.07) is 15.9. The molecular weight excluding hydrogens is 288 g/mol. The lowest BCUT2D eigenvalue weighted by Gasteiger charge is -2.11. The van der Waals surface area contributed by atoms with Crippen molar-refractivity contribution in [1.82, 2.24) is 0 Å². The summed E-state index contributed by atoms with van der Waals surface area (Å²) in [5, 5.41) is 13.4. The Balaban J connectivity index is 2.17. The molecule has 102 valence electrons. The molecule has 0 fully saturated rings. The summed E-state index contributed by atoms with van der Waals surface area (Å²) in [5.41, 5.74) is 2.67. The fourth-order valence-electron chi connectivity index (χ4n) is 1.91. The first-order valence-electron chi connectivity index (χ1n) is 6.38. The van der Waals surface area contributed by atoms with Crippen LogP contribution in [0, 0.1) is 11.3 Å². The lowest BCUT2D eigenvalue weighted by atomic mass is 10.1. The second-order valence-electron chi connectivity index (χ2n) is 4.21. The van der Waals surface area contributed by atoms with E-state index in [1.54, 1.807) is 11.8 Å². The number of anilines is 1. The minimum atomic E-state index is 0.648. The fraction of sp³-hybridized carbons (Fsp3) is 0.188. The molecule has 0 amide bonds. The molecule has 0 saturated carbocycles. The average Bonchev–Trinajstić information content (AvgIpc) is 2.45. The van der Waals surface area contributed by atoms with E-state index < -0.39 is 0 Å². The lowest BCUT2D eigenvalue weighted by Crippen LogP contribution is -2.02. The maximum atomic E-state index is 9.34. The van der Waals surface area contributed by atoms with Gasteiger partial charge in [-0.05, 0) is 35.6 Å². The van der Waals surface area contributed by atoms with Crippen LogP contribution in [-0.2, 0) is 6.54 Å². The quantitative estimate of drug-likeness (QED) is 0.795. The molecule has 0 spiro atoms. The van der Waals surface area contributed by atoms with Crippen molar-refractivity contribution in [3.63, 3.8) is 0 Å². The number of hydrogen-bond acceptors (Lipinski definition) is 3. The number of thioether (sulfide) groups is 1. The summed E-state index contributed by atoms with van der Waals surface area (Å²) in [4.78, 5) is 1.02. The largest absolute Gasteiger partial charge is 0.380 e. The molecule has 0 aliphatic rings. The summed E-state index contributed by atoms with van der Waals surface area (Å²) >= 11 is 7.65. The third-order valence-electron chi connectivity index (χ3n) is 2.81. The molecule has 4 heteroatoms. The third-order valence-corrected chi connectivity index (χ3v) is 3.98. The van der Waals surface area contributed by atoms with Gasteiger partial charge in [-0.2, -0.15) is 5.26 Å². The van der Waals surface area contributed by atoms with Crippen LogP contribution < -0.4 is 5.32 Å². The zero-order valence-electron chi connectivity index (χ0n) is 11.2. The molecule has 0 bridgehead atoms. The van der Waals surface area contributed by atoms with Crippen LogP contribution >= 0.6 is 23.4 Å². The van der Waals surface area contributed by atoms with Gasteiger partial charge >= 0.3 is 0 Å². The Bertz CT molecular complexity index is 635. The van der Waals surface area contributed by atoms with E-state index >= 15 is 0 Å². The molecule has 2 aromatic rings. The molecule has 0 aliphatic heterocycles. The average molecular weight is 303 g/mol. The Kier molecular flexibility index (Phi) is 5.34. The highest BCUT2D eigenvalue weighted by Crippen LogP contribution is 2.28. The van der Waals surface area contributed by atoms with Gasteiger partial charge in [-0.25, -0.2) is 0 Å². The molecular formula is C16H15ClN2S. The molecule has 0 saturated heterocycles. The standard InChI is InChI=1S/C16H15ClN2S/c1-2-20-16-8-4-7-15(14(16)10-18)19-11-12-5-3-6-13(17)9-12/h3-9,19H,2,11H2,1H3. The molecule has 0 heterocycles. The molecule has 2 nitrogen and oxygen atoms in total. The first kappa shape index (κ1) is 14.8. The van der Waals surface area contributed by atoms with Crippen molar-refractivity contribution in [1.29, 1.82) is 5.26 Å². The molecule has 0 radical (unpaired) electrons. The number of halogens is 1. The second kappa shape index (κ2) is 7.23. The molecule has 0 unspecified atom stereocenters. The van der Waals surface area contributed by atoms with Gasteiger partial charge in [-0.3, -0.25) is 0 Å². The predicted octanol–water partition coefficient (Wildman–Crippen LogP) is 4.94. The maximum Gasteiger partial charge on any atom is 0.102 e. The Morgan fingerprint density at radius 2 is 2.05 bits per heavy atom. The van der Waals surface area contributed by atoms with Crippen LogP contribution in [0.25, 0.3) is 0 Å². The van der Waals surface area contributed by atoms with E-state index in [0.29, 0.717) is 12.1 Å². The maximum absolute atomic E-state index is 9.34.